The SMILES string of the molecule is CC(=O)CN(CC(=O)I)C(=O)CCN. The van der Waals surface area contributed by atoms with Crippen LogP contribution in [0.3, 0.4) is 0 Å². The van der Waals surface area contributed by atoms with Crippen LogP contribution in [0.15, 0.2) is 0 Å². The number of carbonyl (C=O) groups excluding carboxylic acids is 3. The second-order valence-corrected chi connectivity index (χ2v) is 4.05. The van der Waals surface area contributed by atoms with Gasteiger partial charge in [0.05, 0.1) is 13.1 Å². The molecular weight excluding hydrogens is 299 g/mol. The van der Waals surface area contributed by atoms with Crippen molar-refractivity contribution < 1.29 is 14.4 Å². The fourth-order valence-corrected chi connectivity index (χ4v) is 1.34. The molecule has 14 heavy (non-hydrogen) atoms. The summed E-state index contributed by atoms with van der Waals surface area (Å²) in [4.78, 5) is 34.2. The number of nitrogens with zero attached hydrogens (tertiary/aromatic N) is 1. The van der Waals surface area contributed by atoms with E-state index in [2.05, 4.69) is 0 Å². The van der Waals surface area contributed by atoms with Gasteiger partial charge in [0, 0.05) is 35.6 Å². The molecular formula is C8H13IN2O3. The van der Waals surface area contributed by atoms with Gasteiger partial charge >= 0.3 is 0 Å². The van der Waals surface area contributed by atoms with Gasteiger partial charge in [0.2, 0.25) is 9.70 Å². The van der Waals surface area contributed by atoms with Gasteiger partial charge in [-0.15, -0.1) is 0 Å². The lowest BCUT2D eigenvalue weighted by Gasteiger charge is -2.18. The van der Waals surface area contributed by atoms with Crippen LogP contribution in [0.1, 0.15) is 13.3 Å². The number of hydrogen-bond donors (Lipinski definition) is 1. The molecule has 0 aromatic rings. The minimum atomic E-state index is -0.257. The van der Waals surface area contributed by atoms with Crippen molar-refractivity contribution in [1.29, 1.82) is 0 Å². The Labute approximate surface area is 96.1 Å². The van der Waals surface area contributed by atoms with E-state index in [1.165, 1.54) is 11.8 Å². The Bertz CT molecular complexity index is 227. The zero-order chi connectivity index (χ0) is 11.1. The lowest BCUT2D eigenvalue weighted by atomic mass is 10.3. The highest BCUT2D eigenvalue weighted by atomic mass is 127. The van der Waals surface area contributed by atoms with Crippen LogP contribution in [-0.2, 0) is 14.4 Å². The van der Waals surface area contributed by atoms with Crippen LogP contribution in [0, 0.1) is 0 Å². The van der Waals surface area contributed by atoms with E-state index in [0.29, 0.717) is 0 Å². The normalized spacial score (nSPS) is 9.64. The average Bonchev–Trinajstić information content (AvgIpc) is 2.01. The number of amides is 1. The second kappa shape index (κ2) is 6.88. The summed E-state index contributed by atoms with van der Waals surface area (Å²) in [5.41, 5.74) is 5.21. The van der Waals surface area contributed by atoms with E-state index in [1.807, 2.05) is 0 Å². The highest BCUT2D eigenvalue weighted by Gasteiger charge is 2.16. The molecule has 2 N–H and O–H groups in total. The van der Waals surface area contributed by atoms with Crippen molar-refractivity contribution in [3.8, 4) is 0 Å². The quantitative estimate of drug-likeness (QED) is 0.540. The molecule has 0 radical (unpaired) electrons. The molecule has 0 saturated carbocycles. The molecule has 0 aliphatic carbocycles. The third kappa shape index (κ3) is 6.03. The van der Waals surface area contributed by atoms with Gasteiger partial charge in [-0.1, -0.05) is 0 Å². The smallest absolute Gasteiger partial charge is 0.224 e. The second-order valence-electron chi connectivity index (χ2n) is 2.85. The number of nitrogens with two attached hydrogens (primary N) is 1. The number of ketones is 1. The molecule has 0 bridgehead atoms. The van der Waals surface area contributed by atoms with E-state index < -0.39 is 0 Å². The molecule has 0 rings (SSSR count). The molecule has 0 saturated heterocycles. The third-order valence-corrected chi connectivity index (χ3v) is 1.78. The van der Waals surface area contributed by atoms with Crippen LogP contribution in [0.5, 0.6) is 0 Å². The van der Waals surface area contributed by atoms with Crippen LogP contribution in [0.4, 0.5) is 0 Å². The lowest BCUT2D eigenvalue weighted by molar-refractivity contribution is -0.136. The van der Waals surface area contributed by atoms with Gasteiger partial charge in [-0.3, -0.25) is 14.4 Å². The number of halogens is 1. The van der Waals surface area contributed by atoms with Crippen molar-refractivity contribution in [1.82, 2.24) is 4.90 Å². The largest absolute Gasteiger partial charge is 0.330 e. The minimum Gasteiger partial charge on any atom is -0.330 e. The van der Waals surface area contributed by atoms with E-state index in [9.17, 15) is 14.4 Å². The first kappa shape index (κ1) is 13.5. The maximum absolute atomic E-state index is 11.4. The fraction of sp³-hybridized carbons (Fsp3) is 0.625. The van der Waals surface area contributed by atoms with Crippen molar-refractivity contribution in [3.05, 3.63) is 0 Å². The Morgan fingerprint density at radius 2 is 1.86 bits per heavy atom. The van der Waals surface area contributed by atoms with Gasteiger partial charge in [0.15, 0.2) is 0 Å². The molecule has 6 heteroatoms. The van der Waals surface area contributed by atoms with Crippen molar-refractivity contribution in [2.45, 2.75) is 13.3 Å². The zero-order valence-corrected chi connectivity index (χ0v) is 10.1. The predicted molar refractivity (Wildman–Crippen MR) is 60.0 cm³/mol. The minimum absolute atomic E-state index is 0.0203. The van der Waals surface area contributed by atoms with Crippen molar-refractivity contribution in [2.24, 2.45) is 5.73 Å². The molecule has 0 unspecified atom stereocenters. The fourth-order valence-electron chi connectivity index (χ4n) is 0.933. The summed E-state index contributed by atoms with van der Waals surface area (Å²) in [5.74, 6) is -0.402. The molecule has 0 aromatic heterocycles. The van der Waals surface area contributed by atoms with Gasteiger partial charge in [0.1, 0.15) is 5.78 Å². The first-order valence-electron chi connectivity index (χ1n) is 4.13. The molecule has 0 heterocycles. The van der Waals surface area contributed by atoms with Gasteiger partial charge < -0.3 is 10.6 Å². The number of rotatable bonds is 6. The summed E-state index contributed by atoms with van der Waals surface area (Å²) in [6.07, 6.45) is 0.164. The molecule has 0 aromatic carbocycles. The van der Waals surface area contributed by atoms with Gasteiger partial charge in [-0.2, -0.15) is 0 Å². The number of Topliss-reactive ketones (excluding diaryl/α,β-unsaturated/α-hetero) is 1. The summed E-state index contributed by atoms with van der Waals surface area (Å²) in [6.45, 7) is 1.55. The van der Waals surface area contributed by atoms with Crippen molar-refractivity contribution in [2.75, 3.05) is 19.6 Å². The van der Waals surface area contributed by atoms with Gasteiger partial charge in [-0.05, 0) is 6.92 Å². The van der Waals surface area contributed by atoms with Crippen LogP contribution in [-0.4, -0.2) is 40.0 Å². The Kier molecular flexibility index (Phi) is 6.64. The maximum Gasteiger partial charge on any atom is 0.224 e. The first-order valence-corrected chi connectivity index (χ1v) is 5.21. The Balaban J connectivity index is 4.29. The molecule has 0 atom stereocenters. The number of hydrogen-bond acceptors (Lipinski definition) is 4. The molecule has 80 valence electrons. The lowest BCUT2D eigenvalue weighted by Crippen LogP contribution is -2.38. The van der Waals surface area contributed by atoms with E-state index in [-0.39, 0.29) is 41.5 Å². The molecule has 5 nitrogen and oxygen atoms in total. The average molecular weight is 312 g/mol. The highest BCUT2D eigenvalue weighted by Crippen LogP contribution is 1.98. The first-order chi connectivity index (χ1) is 6.47. The topological polar surface area (TPSA) is 80.5 Å². The maximum atomic E-state index is 11.4. The Morgan fingerprint density at radius 3 is 2.21 bits per heavy atom. The Hall–Kier alpha value is -0.500. The number of carbonyl (C=O) groups is 3. The van der Waals surface area contributed by atoms with E-state index in [0.717, 1.165) is 0 Å². The summed E-state index contributed by atoms with van der Waals surface area (Å²) in [7, 11) is 0. The van der Waals surface area contributed by atoms with Crippen molar-refractivity contribution >= 4 is 38.1 Å². The molecule has 0 fully saturated rings. The summed E-state index contributed by atoms with van der Waals surface area (Å²) in [6, 6.07) is 0. The van der Waals surface area contributed by atoms with Crippen LogP contribution in [0.25, 0.3) is 0 Å². The summed E-state index contributed by atoms with van der Waals surface area (Å²) >= 11 is 1.59. The Morgan fingerprint density at radius 1 is 1.29 bits per heavy atom. The zero-order valence-electron chi connectivity index (χ0n) is 7.96. The highest BCUT2D eigenvalue weighted by molar-refractivity contribution is 14.1. The monoisotopic (exact) mass is 312 g/mol. The predicted octanol–water partition coefficient (Wildman–Crippen LogP) is -0.286. The van der Waals surface area contributed by atoms with Gasteiger partial charge in [0.25, 0.3) is 0 Å². The molecule has 0 aliphatic heterocycles. The van der Waals surface area contributed by atoms with Crippen LogP contribution < -0.4 is 5.73 Å². The van der Waals surface area contributed by atoms with Crippen molar-refractivity contribution in [3.63, 3.8) is 0 Å². The third-order valence-electron chi connectivity index (χ3n) is 1.44. The van der Waals surface area contributed by atoms with Crippen LogP contribution >= 0.6 is 22.6 Å². The van der Waals surface area contributed by atoms with E-state index in [4.69, 9.17) is 5.73 Å². The molecule has 0 aliphatic rings. The van der Waals surface area contributed by atoms with E-state index >= 15 is 0 Å². The summed E-state index contributed by atoms with van der Waals surface area (Å²) < 4.78 is -0.172. The van der Waals surface area contributed by atoms with Crippen LogP contribution in [0.2, 0.25) is 0 Å². The molecule has 0 spiro atoms. The summed E-state index contributed by atoms with van der Waals surface area (Å²) in [5, 5.41) is 0. The van der Waals surface area contributed by atoms with Gasteiger partial charge in [-0.25, -0.2) is 0 Å². The van der Waals surface area contributed by atoms with E-state index in [1.54, 1.807) is 22.6 Å². The molecule has 1 amide bonds. The standard InChI is InChI=1S/C8H13IN2O3/c1-6(12)4-11(5-7(9)13)8(14)2-3-10/h2-5,10H2,1H3.